The fraction of sp³-hybridized carbons (Fsp3) is 0.571. The molecule has 1 aromatic rings. The summed E-state index contributed by atoms with van der Waals surface area (Å²) in [6.07, 6.45) is 1.76. The summed E-state index contributed by atoms with van der Waals surface area (Å²) in [5, 5.41) is 0. The molecule has 0 amide bonds. The third kappa shape index (κ3) is 3.20. The van der Waals surface area contributed by atoms with E-state index in [2.05, 4.69) is 4.90 Å². The standard InChI is InChI=1S/C14H23N3O2S/c1-16(2)13-7-9-17(10-8-13)20(18,19)14-5-3-12(11-15)4-6-14/h3-6,13H,7-11,15H2,1-2H3. The van der Waals surface area contributed by atoms with Crippen LogP contribution >= 0.6 is 0 Å². The SMILES string of the molecule is CN(C)C1CCN(S(=O)(=O)c2ccc(CN)cc2)CC1. The van der Waals surface area contributed by atoms with Gasteiger partial charge < -0.3 is 10.6 Å². The molecule has 0 aromatic heterocycles. The summed E-state index contributed by atoms with van der Waals surface area (Å²) in [4.78, 5) is 2.53. The van der Waals surface area contributed by atoms with Gasteiger partial charge in [0.25, 0.3) is 0 Å². The fourth-order valence-corrected chi connectivity index (χ4v) is 4.02. The smallest absolute Gasteiger partial charge is 0.243 e. The predicted octanol–water partition coefficient (Wildman–Crippen LogP) is 0.860. The van der Waals surface area contributed by atoms with Gasteiger partial charge >= 0.3 is 0 Å². The molecule has 1 fully saturated rings. The molecule has 0 unspecified atom stereocenters. The van der Waals surface area contributed by atoms with Crippen molar-refractivity contribution in [3.63, 3.8) is 0 Å². The van der Waals surface area contributed by atoms with Gasteiger partial charge in [0.2, 0.25) is 10.0 Å². The molecule has 2 rings (SSSR count). The summed E-state index contributed by atoms with van der Waals surface area (Å²) in [5.74, 6) is 0. The zero-order chi connectivity index (χ0) is 14.8. The quantitative estimate of drug-likeness (QED) is 0.895. The molecule has 1 aliphatic rings. The average Bonchev–Trinajstić information content (AvgIpc) is 2.47. The Bertz CT molecular complexity index is 532. The third-order valence-corrected chi connectivity index (χ3v) is 5.86. The molecule has 0 saturated carbocycles. The molecular weight excluding hydrogens is 274 g/mol. The van der Waals surface area contributed by atoms with Crippen LogP contribution in [0.5, 0.6) is 0 Å². The number of rotatable bonds is 4. The molecule has 0 atom stereocenters. The minimum Gasteiger partial charge on any atom is -0.326 e. The second-order valence-corrected chi connectivity index (χ2v) is 7.38. The Kier molecular flexibility index (Phi) is 4.80. The maximum Gasteiger partial charge on any atom is 0.243 e. The normalized spacial score (nSPS) is 18.6. The van der Waals surface area contributed by atoms with E-state index in [-0.39, 0.29) is 0 Å². The minimum atomic E-state index is -3.36. The molecule has 1 heterocycles. The summed E-state index contributed by atoms with van der Waals surface area (Å²) < 4.78 is 26.7. The summed E-state index contributed by atoms with van der Waals surface area (Å²) in [6, 6.07) is 7.32. The van der Waals surface area contributed by atoms with Gasteiger partial charge in [0.1, 0.15) is 0 Å². The van der Waals surface area contributed by atoms with Crippen LogP contribution in [0.25, 0.3) is 0 Å². The largest absolute Gasteiger partial charge is 0.326 e. The van der Waals surface area contributed by atoms with Crippen LogP contribution in [-0.2, 0) is 16.6 Å². The van der Waals surface area contributed by atoms with Crippen molar-refractivity contribution in [2.24, 2.45) is 5.73 Å². The van der Waals surface area contributed by atoms with E-state index in [0.29, 0.717) is 30.6 Å². The molecule has 112 valence electrons. The Labute approximate surface area is 121 Å². The van der Waals surface area contributed by atoms with Gasteiger partial charge in [-0.25, -0.2) is 8.42 Å². The van der Waals surface area contributed by atoms with Gasteiger partial charge in [0.15, 0.2) is 0 Å². The van der Waals surface area contributed by atoms with Crippen molar-refractivity contribution in [1.29, 1.82) is 0 Å². The Morgan fingerprint density at radius 1 is 1.20 bits per heavy atom. The van der Waals surface area contributed by atoms with Crippen molar-refractivity contribution in [2.45, 2.75) is 30.3 Å². The van der Waals surface area contributed by atoms with Gasteiger partial charge in [0.05, 0.1) is 4.90 Å². The highest BCUT2D eigenvalue weighted by molar-refractivity contribution is 7.89. The van der Waals surface area contributed by atoms with Crippen LogP contribution < -0.4 is 5.73 Å². The van der Waals surface area contributed by atoms with Gasteiger partial charge in [-0.3, -0.25) is 0 Å². The number of hydrogen-bond acceptors (Lipinski definition) is 4. The second-order valence-electron chi connectivity index (χ2n) is 5.45. The van der Waals surface area contributed by atoms with E-state index < -0.39 is 10.0 Å². The Hall–Kier alpha value is -0.950. The predicted molar refractivity (Wildman–Crippen MR) is 79.8 cm³/mol. The van der Waals surface area contributed by atoms with E-state index in [9.17, 15) is 8.42 Å². The molecular formula is C14H23N3O2S. The zero-order valence-corrected chi connectivity index (χ0v) is 12.9. The molecule has 20 heavy (non-hydrogen) atoms. The van der Waals surface area contributed by atoms with E-state index in [1.807, 2.05) is 14.1 Å². The number of piperidine rings is 1. The summed E-state index contributed by atoms with van der Waals surface area (Å²) in [5.41, 5.74) is 6.47. The Morgan fingerprint density at radius 2 is 1.75 bits per heavy atom. The first-order valence-corrected chi connectivity index (χ1v) is 8.34. The van der Waals surface area contributed by atoms with E-state index in [1.165, 1.54) is 0 Å². The molecule has 0 bridgehead atoms. The number of hydrogen-bond donors (Lipinski definition) is 1. The monoisotopic (exact) mass is 297 g/mol. The molecule has 0 radical (unpaired) electrons. The zero-order valence-electron chi connectivity index (χ0n) is 12.1. The molecule has 6 heteroatoms. The lowest BCUT2D eigenvalue weighted by atomic mass is 10.1. The third-order valence-electron chi connectivity index (χ3n) is 3.95. The van der Waals surface area contributed by atoms with Gasteiger partial charge in [-0.1, -0.05) is 12.1 Å². The van der Waals surface area contributed by atoms with Crippen molar-refractivity contribution in [2.75, 3.05) is 27.2 Å². The summed E-state index contributed by atoms with van der Waals surface area (Å²) in [6.45, 7) is 1.60. The lowest BCUT2D eigenvalue weighted by Gasteiger charge is -2.34. The van der Waals surface area contributed by atoms with Crippen LogP contribution in [0, 0.1) is 0 Å². The number of sulfonamides is 1. The first kappa shape index (κ1) is 15.4. The van der Waals surface area contributed by atoms with E-state index in [0.717, 1.165) is 18.4 Å². The first-order valence-electron chi connectivity index (χ1n) is 6.90. The van der Waals surface area contributed by atoms with Crippen LogP contribution in [0.3, 0.4) is 0 Å². The van der Waals surface area contributed by atoms with Crippen LogP contribution in [0.4, 0.5) is 0 Å². The second kappa shape index (κ2) is 6.22. The summed E-state index contributed by atoms with van der Waals surface area (Å²) in [7, 11) is 0.722. The molecule has 5 nitrogen and oxygen atoms in total. The van der Waals surface area contributed by atoms with Crippen molar-refractivity contribution in [3.8, 4) is 0 Å². The number of nitrogens with zero attached hydrogens (tertiary/aromatic N) is 2. The maximum atomic E-state index is 12.5. The summed E-state index contributed by atoms with van der Waals surface area (Å²) >= 11 is 0. The molecule has 1 saturated heterocycles. The van der Waals surface area contributed by atoms with Gasteiger partial charge in [-0.2, -0.15) is 4.31 Å². The highest BCUT2D eigenvalue weighted by atomic mass is 32.2. The van der Waals surface area contributed by atoms with Gasteiger partial charge in [-0.15, -0.1) is 0 Å². The molecule has 0 aliphatic carbocycles. The van der Waals surface area contributed by atoms with Crippen molar-refractivity contribution < 1.29 is 8.42 Å². The Morgan fingerprint density at radius 3 is 2.20 bits per heavy atom. The molecule has 1 aromatic carbocycles. The van der Waals surface area contributed by atoms with E-state index in [1.54, 1.807) is 28.6 Å². The van der Waals surface area contributed by atoms with Crippen molar-refractivity contribution >= 4 is 10.0 Å². The lowest BCUT2D eigenvalue weighted by Crippen LogP contribution is -2.44. The topological polar surface area (TPSA) is 66.6 Å². The fourth-order valence-electron chi connectivity index (χ4n) is 2.55. The Balaban J connectivity index is 2.11. The van der Waals surface area contributed by atoms with Crippen LogP contribution in [0.2, 0.25) is 0 Å². The van der Waals surface area contributed by atoms with E-state index in [4.69, 9.17) is 5.73 Å². The van der Waals surface area contributed by atoms with Crippen LogP contribution in [0.1, 0.15) is 18.4 Å². The minimum absolute atomic E-state index is 0.359. The van der Waals surface area contributed by atoms with E-state index >= 15 is 0 Å². The van der Waals surface area contributed by atoms with Crippen molar-refractivity contribution in [3.05, 3.63) is 29.8 Å². The maximum absolute atomic E-state index is 12.5. The van der Waals surface area contributed by atoms with Gasteiger partial charge in [-0.05, 0) is 44.6 Å². The van der Waals surface area contributed by atoms with Crippen molar-refractivity contribution in [1.82, 2.24) is 9.21 Å². The highest BCUT2D eigenvalue weighted by Crippen LogP contribution is 2.22. The molecule has 2 N–H and O–H groups in total. The van der Waals surface area contributed by atoms with Crippen LogP contribution in [0.15, 0.2) is 29.2 Å². The van der Waals surface area contributed by atoms with Crippen LogP contribution in [-0.4, -0.2) is 50.8 Å². The highest BCUT2D eigenvalue weighted by Gasteiger charge is 2.29. The van der Waals surface area contributed by atoms with Gasteiger partial charge in [0, 0.05) is 25.7 Å². The average molecular weight is 297 g/mol. The molecule has 0 spiro atoms. The lowest BCUT2D eigenvalue weighted by molar-refractivity contribution is 0.196. The molecule has 1 aliphatic heterocycles. The first-order chi connectivity index (χ1) is 9.45. The number of benzene rings is 1. The number of nitrogens with two attached hydrogens (primary N) is 1.